The molecule has 0 spiro atoms. The molecule has 2 nitrogen and oxygen atoms in total. The van der Waals surface area contributed by atoms with Crippen molar-refractivity contribution in [3.63, 3.8) is 0 Å². The van der Waals surface area contributed by atoms with E-state index >= 15 is 0 Å². The monoisotopic (exact) mass is 250 g/mol. The van der Waals surface area contributed by atoms with Crippen molar-refractivity contribution in [2.75, 3.05) is 0 Å². The quantitative estimate of drug-likeness (QED) is 0.780. The van der Waals surface area contributed by atoms with Gasteiger partial charge < -0.3 is 9.47 Å². The van der Waals surface area contributed by atoms with Crippen molar-refractivity contribution in [1.82, 2.24) is 0 Å². The zero-order valence-corrected chi connectivity index (χ0v) is 12.8. The number of ether oxygens (including phenoxy) is 2. The van der Waals surface area contributed by atoms with Crippen molar-refractivity contribution in [1.29, 1.82) is 0 Å². The summed E-state index contributed by atoms with van der Waals surface area (Å²) in [5, 5.41) is 0. The van der Waals surface area contributed by atoms with Gasteiger partial charge in [0.2, 0.25) is 0 Å². The lowest BCUT2D eigenvalue weighted by Gasteiger charge is -2.25. The topological polar surface area (TPSA) is 18.5 Å². The van der Waals surface area contributed by atoms with Crippen LogP contribution < -0.4 is 9.47 Å². The molecular formula is C16H26O2. The Hall–Kier alpha value is -1.18. The van der Waals surface area contributed by atoms with Crippen LogP contribution in [0.25, 0.3) is 0 Å². The zero-order valence-electron chi connectivity index (χ0n) is 12.8. The summed E-state index contributed by atoms with van der Waals surface area (Å²) in [6, 6.07) is 6.06. The van der Waals surface area contributed by atoms with Gasteiger partial charge in [0.1, 0.15) is 22.7 Å². The molecule has 0 aliphatic heterocycles. The van der Waals surface area contributed by atoms with Crippen molar-refractivity contribution < 1.29 is 9.47 Å². The highest BCUT2D eigenvalue weighted by Crippen LogP contribution is 2.29. The first-order chi connectivity index (χ1) is 8.11. The fraction of sp³-hybridized carbons (Fsp3) is 0.625. The van der Waals surface area contributed by atoms with E-state index in [1.54, 1.807) is 0 Å². The fourth-order valence-electron chi connectivity index (χ4n) is 1.68. The highest BCUT2D eigenvalue weighted by atomic mass is 16.5. The minimum absolute atomic E-state index is 0.169. The van der Waals surface area contributed by atoms with E-state index < -0.39 is 0 Å². The fourth-order valence-corrected chi connectivity index (χ4v) is 1.68. The molecule has 0 amide bonds. The van der Waals surface area contributed by atoms with Gasteiger partial charge in [-0.3, -0.25) is 0 Å². The Kier molecular flexibility index (Phi) is 4.31. The highest BCUT2D eigenvalue weighted by molar-refractivity contribution is 5.40. The lowest BCUT2D eigenvalue weighted by atomic mass is 10.1. The summed E-state index contributed by atoms with van der Waals surface area (Å²) >= 11 is 0. The van der Waals surface area contributed by atoms with Gasteiger partial charge in [-0.2, -0.15) is 0 Å². The molecule has 1 aromatic rings. The van der Waals surface area contributed by atoms with Gasteiger partial charge in [-0.15, -0.1) is 0 Å². The van der Waals surface area contributed by atoms with Gasteiger partial charge in [-0.25, -0.2) is 0 Å². The van der Waals surface area contributed by atoms with Gasteiger partial charge in [-0.1, -0.05) is 6.92 Å². The molecular weight excluding hydrogens is 224 g/mol. The molecule has 0 aliphatic carbocycles. The molecule has 1 aromatic carbocycles. The van der Waals surface area contributed by atoms with Gasteiger partial charge in [0.15, 0.2) is 0 Å². The molecule has 18 heavy (non-hydrogen) atoms. The lowest BCUT2D eigenvalue weighted by Crippen LogP contribution is -2.24. The van der Waals surface area contributed by atoms with E-state index in [1.807, 2.05) is 12.1 Å². The van der Waals surface area contributed by atoms with Crippen LogP contribution in [0.15, 0.2) is 18.2 Å². The summed E-state index contributed by atoms with van der Waals surface area (Å²) in [5.74, 6) is 1.85. The van der Waals surface area contributed by atoms with Crippen molar-refractivity contribution in [2.24, 2.45) is 0 Å². The summed E-state index contributed by atoms with van der Waals surface area (Å²) < 4.78 is 11.8. The smallest absolute Gasteiger partial charge is 0.123 e. The molecule has 0 aromatic heterocycles. The molecule has 0 atom stereocenters. The van der Waals surface area contributed by atoms with Crippen LogP contribution in [0.5, 0.6) is 11.5 Å². The van der Waals surface area contributed by atoms with E-state index in [1.165, 1.54) is 5.56 Å². The first-order valence-corrected chi connectivity index (χ1v) is 6.62. The van der Waals surface area contributed by atoms with Crippen molar-refractivity contribution >= 4 is 0 Å². The van der Waals surface area contributed by atoms with Crippen LogP contribution in [-0.2, 0) is 6.42 Å². The van der Waals surface area contributed by atoms with Crippen LogP contribution >= 0.6 is 0 Å². The minimum atomic E-state index is -0.170. The largest absolute Gasteiger partial charge is 0.488 e. The third kappa shape index (κ3) is 4.99. The van der Waals surface area contributed by atoms with Crippen LogP contribution in [0.1, 0.15) is 54.0 Å². The number of hydrogen-bond acceptors (Lipinski definition) is 2. The van der Waals surface area contributed by atoms with E-state index in [-0.39, 0.29) is 11.2 Å². The summed E-state index contributed by atoms with van der Waals surface area (Å²) in [6.45, 7) is 14.5. The Bertz CT molecular complexity index is 395. The maximum atomic E-state index is 5.95. The van der Waals surface area contributed by atoms with Crippen molar-refractivity contribution in [3.8, 4) is 11.5 Å². The summed E-state index contributed by atoms with van der Waals surface area (Å²) in [7, 11) is 0. The zero-order chi connectivity index (χ0) is 14.0. The minimum Gasteiger partial charge on any atom is -0.488 e. The predicted molar refractivity (Wildman–Crippen MR) is 76.6 cm³/mol. The number of rotatable bonds is 3. The van der Waals surface area contributed by atoms with Crippen molar-refractivity contribution in [3.05, 3.63) is 23.8 Å². The molecule has 0 fully saturated rings. The van der Waals surface area contributed by atoms with Crippen LogP contribution in [0.4, 0.5) is 0 Å². The Morgan fingerprint density at radius 2 is 1.44 bits per heavy atom. The van der Waals surface area contributed by atoms with Crippen LogP contribution in [0.2, 0.25) is 0 Å². The molecule has 0 radical (unpaired) electrons. The molecule has 0 N–H and O–H groups in total. The normalized spacial score (nSPS) is 12.4. The molecule has 102 valence electrons. The summed E-state index contributed by atoms with van der Waals surface area (Å²) in [5.41, 5.74) is 0.847. The third-order valence-electron chi connectivity index (χ3n) is 2.25. The highest BCUT2D eigenvalue weighted by Gasteiger charge is 2.16. The van der Waals surface area contributed by atoms with E-state index in [9.17, 15) is 0 Å². The second-order valence-corrected chi connectivity index (χ2v) is 6.55. The summed E-state index contributed by atoms with van der Waals surface area (Å²) in [4.78, 5) is 0. The van der Waals surface area contributed by atoms with Crippen molar-refractivity contribution in [2.45, 2.75) is 66.1 Å². The second kappa shape index (κ2) is 5.21. The molecule has 0 aliphatic rings. The van der Waals surface area contributed by atoms with E-state index in [4.69, 9.17) is 9.47 Å². The number of hydrogen-bond donors (Lipinski definition) is 0. The van der Waals surface area contributed by atoms with Gasteiger partial charge in [0.25, 0.3) is 0 Å². The molecule has 0 bridgehead atoms. The van der Waals surface area contributed by atoms with Gasteiger partial charge in [-0.05, 0) is 71.7 Å². The van der Waals surface area contributed by atoms with Crippen LogP contribution in [-0.4, -0.2) is 11.2 Å². The number of aryl methyl sites for hydroxylation is 1. The average molecular weight is 250 g/mol. The average Bonchev–Trinajstić information content (AvgIpc) is 2.16. The summed E-state index contributed by atoms with van der Waals surface area (Å²) in [6.07, 6.45) is 0.937. The van der Waals surface area contributed by atoms with Gasteiger partial charge in [0.05, 0.1) is 0 Å². The first-order valence-electron chi connectivity index (χ1n) is 6.62. The van der Waals surface area contributed by atoms with Gasteiger partial charge >= 0.3 is 0 Å². The first kappa shape index (κ1) is 14.9. The second-order valence-electron chi connectivity index (χ2n) is 6.55. The molecule has 0 unspecified atom stereocenters. The maximum absolute atomic E-state index is 5.95. The molecule has 0 heterocycles. The molecule has 2 heteroatoms. The Morgan fingerprint density at radius 3 is 1.89 bits per heavy atom. The predicted octanol–water partition coefficient (Wildman–Crippen LogP) is 4.60. The molecule has 0 saturated heterocycles. The van der Waals surface area contributed by atoms with Crippen LogP contribution in [0, 0.1) is 0 Å². The Morgan fingerprint density at radius 1 is 0.889 bits per heavy atom. The lowest BCUT2D eigenvalue weighted by molar-refractivity contribution is 0.124. The molecule has 0 saturated carbocycles. The van der Waals surface area contributed by atoms with E-state index in [0.29, 0.717) is 0 Å². The SMILES string of the molecule is CCc1cc(OC(C)(C)C)ccc1OC(C)(C)C. The standard InChI is InChI=1S/C16H26O2/c1-8-12-11-13(17-15(2,3)4)9-10-14(12)18-16(5,6)7/h9-11H,8H2,1-7H3. The Balaban J connectivity index is 2.97. The van der Waals surface area contributed by atoms with E-state index in [2.05, 4.69) is 54.5 Å². The number of benzene rings is 1. The maximum Gasteiger partial charge on any atom is 0.123 e. The molecule has 1 rings (SSSR count). The van der Waals surface area contributed by atoms with Crippen LogP contribution in [0.3, 0.4) is 0 Å². The van der Waals surface area contributed by atoms with Gasteiger partial charge in [0, 0.05) is 0 Å². The van der Waals surface area contributed by atoms with E-state index in [0.717, 1.165) is 17.9 Å². The third-order valence-corrected chi connectivity index (χ3v) is 2.25. The Labute approximate surface area is 111 Å².